The van der Waals surface area contributed by atoms with E-state index in [2.05, 4.69) is 51.7 Å². The molecular weight excluding hydrogens is 465 g/mol. The van der Waals surface area contributed by atoms with E-state index >= 15 is 0 Å². The number of piperazine rings is 1. The molecule has 0 aromatic heterocycles. The molecule has 1 aromatic carbocycles. The summed E-state index contributed by atoms with van der Waals surface area (Å²) in [5, 5.41) is 6.78. The first-order valence-electron chi connectivity index (χ1n) is 10.4. The van der Waals surface area contributed by atoms with E-state index in [1.54, 1.807) is 0 Å². The quantitative estimate of drug-likeness (QED) is 0.372. The first-order valence-corrected chi connectivity index (χ1v) is 10.4. The molecule has 28 heavy (non-hydrogen) atoms. The maximum absolute atomic E-state index is 12.6. The number of carbonyl (C=O) groups is 1. The second kappa shape index (κ2) is 12.1. The van der Waals surface area contributed by atoms with Crippen LogP contribution in [-0.2, 0) is 4.79 Å². The summed E-state index contributed by atoms with van der Waals surface area (Å²) >= 11 is 0. The van der Waals surface area contributed by atoms with Gasteiger partial charge in [0.15, 0.2) is 5.96 Å². The highest BCUT2D eigenvalue weighted by molar-refractivity contribution is 14.0. The highest BCUT2D eigenvalue weighted by atomic mass is 127. The maximum atomic E-state index is 12.6. The van der Waals surface area contributed by atoms with Crippen molar-refractivity contribution in [2.75, 3.05) is 44.2 Å². The summed E-state index contributed by atoms with van der Waals surface area (Å²) in [4.78, 5) is 21.4. The second-order valence-corrected chi connectivity index (χ2v) is 7.38. The van der Waals surface area contributed by atoms with Gasteiger partial charge in [-0.1, -0.05) is 37.5 Å². The molecule has 7 heteroatoms. The molecule has 0 unspecified atom stereocenters. The Hall–Kier alpha value is -1.51. The van der Waals surface area contributed by atoms with Gasteiger partial charge in [-0.15, -0.1) is 24.0 Å². The number of hydrogen-bond acceptors (Lipinski definition) is 3. The van der Waals surface area contributed by atoms with E-state index < -0.39 is 0 Å². The Morgan fingerprint density at radius 1 is 1.07 bits per heavy atom. The van der Waals surface area contributed by atoms with Crippen LogP contribution in [0.15, 0.2) is 35.3 Å². The SMILES string of the molecule is CCNC(=NCC(=O)N1CCN(c2ccccc2)CC1)NC1CCCCC1.I. The molecule has 1 amide bonds. The lowest BCUT2D eigenvalue weighted by Crippen LogP contribution is -2.50. The van der Waals surface area contributed by atoms with Crippen LogP contribution < -0.4 is 15.5 Å². The fraction of sp³-hybridized carbons (Fsp3) is 0.619. The average molecular weight is 499 g/mol. The number of benzene rings is 1. The van der Waals surface area contributed by atoms with Crippen molar-refractivity contribution in [3.8, 4) is 0 Å². The van der Waals surface area contributed by atoms with E-state index in [4.69, 9.17) is 0 Å². The summed E-state index contributed by atoms with van der Waals surface area (Å²) < 4.78 is 0. The number of hydrogen-bond donors (Lipinski definition) is 2. The van der Waals surface area contributed by atoms with Crippen molar-refractivity contribution in [2.45, 2.75) is 45.1 Å². The molecule has 1 heterocycles. The molecule has 0 radical (unpaired) electrons. The zero-order valence-corrected chi connectivity index (χ0v) is 19.2. The molecule has 156 valence electrons. The van der Waals surface area contributed by atoms with E-state index in [9.17, 15) is 4.79 Å². The van der Waals surface area contributed by atoms with Crippen molar-refractivity contribution >= 4 is 41.5 Å². The molecule has 2 fully saturated rings. The average Bonchev–Trinajstić information content (AvgIpc) is 2.73. The number of guanidine groups is 1. The summed E-state index contributed by atoms with van der Waals surface area (Å²) in [6.07, 6.45) is 6.28. The zero-order valence-electron chi connectivity index (χ0n) is 16.9. The van der Waals surface area contributed by atoms with E-state index in [0.29, 0.717) is 6.04 Å². The monoisotopic (exact) mass is 499 g/mol. The van der Waals surface area contributed by atoms with Crippen LogP contribution in [0.25, 0.3) is 0 Å². The van der Waals surface area contributed by atoms with Gasteiger partial charge in [-0.05, 0) is 31.9 Å². The molecule has 1 aliphatic carbocycles. The van der Waals surface area contributed by atoms with Gasteiger partial charge in [0.05, 0.1) is 0 Å². The predicted molar refractivity (Wildman–Crippen MR) is 127 cm³/mol. The van der Waals surface area contributed by atoms with Crippen molar-refractivity contribution in [3.63, 3.8) is 0 Å². The Labute approximate surface area is 186 Å². The smallest absolute Gasteiger partial charge is 0.244 e. The molecule has 0 atom stereocenters. The van der Waals surface area contributed by atoms with Gasteiger partial charge < -0.3 is 20.4 Å². The number of carbonyl (C=O) groups excluding carboxylic acids is 1. The van der Waals surface area contributed by atoms with Gasteiger partial charge in [-0.25, -0.2) is 4.99 Å². The van der Waals surface area contributed by atoms with Gasteiger partial charge >= 0.3 is 0 Å². The van der Waals surface area contributed by atoms with Crippen LogP contribution in [0.3, 0.4) is 0 Å². The molecule has 2 aliphatic rings. The van der Waals surface area contributed by atoms with Crippen molar-refractivity contribution in [2.24, 2.45) is 4.99 Å². The number of nitrogens with one attached hydrogen (secondary N) is 2. The van der Waals surface area contributed by atoms with Crippen LogP contribution in [0.1, 0.15) is 39.0 Å². The molecule has 2 N–H and O–H groups in total. The maximum Gasteiger partial charge on any atom is 0.244 e. The zero-order chi connectivity index (χ0) is 18.9. The number of aliphatic imine (C=N–C) groups is 1. The van der Waals surface area contributed by atoms with Gasteiger partial charge in [0, 0.05) is 44.5 Å². The fourth-order valence-corrected chi connectivity index (χ4v) is 3.86. The van der Waals surface area contributed by atoms with Crippen molar-refractivity contribution in [1.29, 1.82) is 0 Å². The Balaban J connectivity index is 0.00000280. The van der Waals surface area contributed by atoms with E-state index in [1.807, 2.05) is 11.0 Å². The van der Waals surface area contributed by atoms with Crippen molar-refractivity contribution in [1.82, 2.24) is 15.5 Å². The van der Waals surface area contributed by atoms with Crippen LogP contribution in [0, 0.1) is 0 Å². The van der Waals surface area contributed by atoms with Gasteiger partial charge in [0.1, 0.15) is 6.54 Å². The van der Waals surface area contributed by atoms with E-state index in [1.165, 1.54) is 37.8 Å². The third kappa shape index (κ3) is 6.83. The Morgan fingerprint density at radius 3 is 2.39 bits per heavy atom. The van der Waals surface area contributed by atoms with E-state index in [0.717, 1.165) is 38.7 Å². The second-order valence-electron chi connectivity index (χ2n) is 7.38. The first-order chi connectivity index (χ1) is 13.3. The predicted octanol–water partition coefficient (Wildman–Crippen LogP) is 2.84. The number of para-hydroxylation sites is 1. The topological polar surface area (TPSA) is 60.0 Å². The summed E-state index contributed by atoms with van der Waals surface area (Å²) in [7, 11) is 0. The normalized spacial score (nSPS) is 18.4. The van der Waals surface area contributed by atoms with Crippen LogP contribution in [-0.4, -0.2) is 62.1 Å². The minimum Gasteiger partial charge on any atom is -0.368 e. The van der Waals surface area contributed by atoms with Gasteiger partial charge in [-0.2, -0.15) is 0 Å². The molecule has 1 aromatic rings. The van der Waals surface area contributed by atoms with Crippen molar-refractivity contribution < 1.29 is 4.79 Å². The lowest BCUT2D eigenvalue weighted by atomic mass is 9.96. The molecule has 3 rings (SSSR count). The highest BCUT2D eigenvalue weighted by Crippen LogP contribution is 2.17. The van der Waals surface area contributed by atoms with Gasteiger partial charge in [-0.3, -0.25) is 4.79 Å². The number of nitrogens with zero attached hydrogens (tertiary/aromatic N) is 3. The molecule has 0 bridgehead atoms. The van der Waals surface area contributed by atoms with Crippen LogP contribution in [0.5, 0.6) is 0 Å². The Bertz CT molecular complexity index is 610. The molecule has 1 saturated carbocycles. The van der Waals surface area contributed by atoms with Crippen LogP contribution >= 0.6 is 24.0 Å². The van der Waals surface area contributed by atoms with Crippen LogP contribution in [0.4, 0.5) is 5.69 Å². The standard InChI is InChI=1S/C21H33N5O.HI/c1-2-22-21(24-18-9-5-3-6-10-18)23-17-20(27)26-15-13-25(14-16-26)19-11-7-4-8-12-19;/h4,7-8,11-12,18H,2-3,5-6,9-10,13-17H2,1H3,(H2,22,23,24);1H. The highest BCUT2D eigenvalue weighted by Gasteiger charge is 2.21. The summed E-state index contributed by atoms with van der Waals surface area (Å²) in [5.41, 5.74) is 1.23. The third-order valence-corrected chi connectivity index (χ3v) is 5.42. The largest absolute Gasteiger partial charge is 0.368 e. The van der Waals surface area contributed by atoms with Gasteiger partial charge in [0.25, 0.3) is 0 Å². The molecule has 1 aliphatic heterocycles. The number of halogens is 1. The van der Waals surface area contributed by atoms with Gasteiger partial charge in [0.2, 0.25) is 5.91 Å². The number of amides is 1. The van der Waals surface area contributed by atoms with Crippen molar-refractivity contribution in [3.05, 3.63) is 30.3 Å². The lowest BCUT2D eigenvalue weighted by molar-refractivity contribution is -0.129. The Morgan fingerprint density at radius 2 is 1.75 bits per heavy atom. The molecular formula is C21H34IN5O. The summed E-state index contributed by atoms with van der Waals surface area (Å²) in [6, 6.07) is 10.9. The number of anilines is 1. The molecule has 1 saturated heterocycles. The molecule has 6 nitrogen and oxygen atoms in total. The summed E-state index contributed by atoms with van der Waals surface area (Å²) in [6.45, 7) is 6.35. The minimum absolute atomic E-state index is 0. The number of rotatable bonds is 5. The summed E-state index contributed by atoms with van der Waals surface area (Å²) in [5.74, 6) is 0.893. The van der Waals surface area contributed by atoms with Crippen LogP contribution in [0.2, 0.25) is 0 Å². The third-order valence-electron chi connectivity index (χ3n) is 5.42. The van der Waals surface area contributed by atoms with E-state index in [-0.39, 0.29) is 36.4 Å². The first kappa shape index (κ1) is 22.8. The minimum atomic E-state index is 0. The lowest BCUT2D eigenvalue weighted by Gasteiger charge is -2.36. The fourth-order valence-electron chi connectivity index (χ4n) is 3.86. The molecule has 0 spiro atoms. The Kier molecular flexibility index (Phi) is 9.87.